The number of hydrogen-bond acceptors (Lipinski definition) is 4. The van der Waals surface area contributed by atoms with E-state index in [1.54, 1.807) is 18.4 Å². The number of aliphatic hydroxyl groups is 1. The number of methoxy groups -OCH3 is 1. The second kappa shape index (κ2) is 3.81. The van der Waals surface area contributed by atoms with Crippen LogP contribution in [0.4, 0.5) is 0 Å². The van der Waals surface area contributed by atoms with Gasteiger partial charge in [0.05, 0.1) is 13.7 Å². The monoisotopic (exact) mass is 226 g/mol. The molecular weight excluding hydrogens is 216 g/mol. The van der Waals surface area contributed by atoms with Gasteiger partial charge in [0.2, 0.25) is 0 Å². The largest absolute Gasteiger partial charge is 0.496 e. The molecule has 1 N–H and O–H groups in total. The Balaban J connectivity index is 2.71. The highest BCUT2D eigenvalue weighted by Gasteiger charge is 2.07. The van der Waals surface area contributed by atoms with Gasteiger partial charge in [0, 0.05) is 25.9 Å². The minimum absolute atomic E-state index is 0.0117. The first kappa shape index (κ1) is 9.83. The predicted octanol–water partition coefficient (Wildman–Crippen LogP) is 2.69. The third-order valence-corrected chi connectivity index (χ3v) is 3.62. The molecule has 0 unspecified atom stereocenters. The molecule has 0 atom stereocenters. The summed E-state index contributed by atoms with van der Waals surface area (Å²) in [5, 5.41) is 12.2. The Morgan fingerprint density at radius 1 is 1.50 bits per heavy atom. The van der Waals surface area contributed by atoms with Gasteiger partial charge < -0.3 is 9.84 Å². The zero-order chi connectivity index (χ0) is 10.1. The van der Waals surface area contributed by atoms with E-state index in [1.807, 2.05) is 17.5 Å². The summed E-state index contributed by atoms with van der Waals surface area (Å²) in [6.07, 6.45) is 0. The molecule has 1 aromatic carbocycles. The van der Waals surface area contributed by atoms with Crippen molar-refractivity contribution in [3.63, 3.8) is 0 Å². The molecule has 0 amide bonds. The maximum absolute atomic E-state index is 9.14. The number of benzene rings is 1. The van der Waals surface area contributed by atoms with Gasteiger partial charge in [0.1, 0.15) is 5.75 Å². The molecule has 0 bridgehead atoms. The highest BCUT2D eigenvalue weighted by Crippen LogP contribution is 2.34. The van der Waals surface area contributed by atoms with Crippen LogP contribution in [0.15, 0.2) is 22.4 Å². The van der Waals surface area contributed by atoms with Crippen LogP contribution >= 0.6 is 24.0 Å². The number of thiophene rings is 1. The van der Waals surface area contributed by atoms with E-state index in [2.05, 4.69) is 12.6 Å². The Kier molecular flexibility index (Phi) is 2.67. The summed E-state index contributed by atoms with van der Waals surface area (Å²) in [5.41, 5.74) is 0.800. The lowest BCUT2D eigenvalue weighted by molar-refractivity contribution is 0.274. The molecule has 1 aromatic heterocycles. The molecule has 0 spiro atoms. The molecule has 14 heavy (non-hydrogen) atoms. The van der Waals surface area contributed by atoms with Crippen LogP contribution < -0.4 is 4.74 Å². The number of ether oxygens (including phenoxy) is 1. The smallest absolute Gasteiger partial charge is 0.125 e. The fraction of sp³-hybridized carbons (Fsp3) is 0.200. The topological polar surface area (TPSA) is 29.5 Å². The molecule has 0 fully saturated rings. The highest BCUT2D eigenvalue weighted by molar-refractivity contribution is 7.80. The van der Waals surface area contributed by atoms with Crippen molar-refractivity contribution in [1.82, 2.24) is 0 Å². The number of aliphatic hydroxyl groups excluding tert-OH is 1. The van der Waals surface area contributed by atoms with Crippen molar-refractivity contribution in [2.24, 2.45) is 0 Å². The predicted molar refractivity (Wildman–Crippen MR) is 61.6 cm³/mol. The van der Waals surface area contributed by atoms with Crippen LogP contribution in [0.2, 0.25) is 0 Å². The zero-order valence-electron chi connectivity index (χ0n) is 7.65. The zero-order valence-corrected chi connectivity index (χ0v) is 9.36. The molecule has 74 valence electrons. The average Bonchev–Trinajstić information content (AvgIpc) is 2.58. The lowest BCUT2D eigenvalue weighted by atomic mass is 10.1. The Hall–Kier alpha value is -0.710. The highest BCUT2D eigenvalue weighted by atomic mass is 32.1. The minimum atomic E-state index is -0.0117. The number of thiol groups is 1. The van der Waals surface area contributed by atoms with Crippen molar-refractivity contribution < 1.29 is 9.84 Å². The summed E-state index contributed by atoms with van der Waals surface area (Å²) in [5.74, 6) is 0.732. The van der Waals surface area contributed by atoms with Crippen LogP contribution in [0.3, 0.4) is 0 Å². The Morgan fingerprint density at radius 3 is 2.93 bits per heavy atom. The van der Waals surface area contributed by atoms with E-state index >= 15 is 0 Å². The summed E-state index contributed by atoms with van der Waals surface area (Å²) in [6.45, 7) is -0.0117. The van der Waals surface area contributed by atoms with Gasteiger partial charge >= 0.3 is 0 Å². The molecule has 2 nitrogen and oxygen atoms in total. The van der Waals surface area contributed by atoms with Gasteiger partial charge in [-0.1, -0.05) is 0 Å². The minimum Gasteiger partial charge on any atom is -0.496 e. The third-order valence-electron chi connectivity index (χ3n) is 2.13. The maximum atomic E-state index is 9.14. The van der Waals surface area contributed by atoms with Gasteiger partial charge in [-0.05, 0) is 12.1 Å². The van der Waals surface area contributed by atoms with Crippen molar-refractivity contribution in [2.45, 2.75) is 11.5 Å². The fourth-order valence-corrected chi connectivity index (χ4v) is 2.66. The van der Waals surface area contributed by atoms with E-state index in [-0.39, 0.29) is 6.61 Å². The van der Waals surface area contributed by atoms with E-state index in [0.29, 0.717) is 0 Å². The van der Waals surface area contributed by atoms with Gasteiger partial charge in [-0.3, -0.25) is 0 Å². The normalized spacial score (nSPS) is 10.8. The molecule has 0 aliphatic carbocycles. The van der Waals surface area contributed by atoms with E-state index in [0.717, 1.165) is 26.3 Å². The van der Waals surface area contributed by atoms with Gasteiger partial charge in [-0.25, -0.2) is 0 Å². The molecular formula is C10H10O2S2. The van der Waals surface area contributed by atoms with Crippen molar-refractivity contribution >= 4 is 34.1 Å². The summed E-state index contributed by atoms with van der Waals surface area (Å²) in [6, 6.07) is 3.86. The number of rotatable bonds is 2. The quantitative estimate of drug-likeness (QED) is 0.771. The number of fused-ring (bicyclic) bond motifs is 1. The van der Waals surface area contributed by atoms with E-state index in [4.69, 9.17) is 9.84 Å². The SMILES string of the molecule is COc1cc2scc(S)c2cc1CO. The lowest BCUT2D eigenvalue weighted by Crippen LogP contribution is -1.90. The van der Waals surface area contributed by atoms with Gasteiger partial charge in [-0.2, -0.15) is 0 Å². The molecule has 4 heteroatoms. The summed E-state index contributed by atoms with van der Waals surface area (Å²) >= 11 is 5.96. The van der Waals surface area contributed by atoms with Crippen LogP contribution in [0.1, 0.15) is 5.56 Å². The van der Waals surface area contributed by atoms with Crippen LogP contribution in [-0.2, 0) is 6.61 Å². The molecule has 2 aromatic rings. The first-order valence-electron chi connectivity index (χ1n) is 4.14. The molecule has 0 aliphatic rings. The molecule has 0 saturated carbocycles. The second-order valence-electron chi connectivity index (χ2n) is 2.94. The first-order chi connectivity index (χ1) is 6.76. The molecule has 0 aliphatic heterocycles. The van der Waals surface area contributed by atoms with E-state index in [1.165, 1.54) is 0 Å². The van der Waals surface area contributed by atoms with Crippen LogP contribution in [0.25, 0.3) is 10.1 Å². The van der Waals surface area contributed by atoms with Gasteiger partial charge in [-0.15, -0.1) is 24.0 Å². The van der Waals surface area contributed by atoms with Crippen molar-refractivity contribution in [2.75, 3.05) is 7.11 Å². The van der Waals surface area contributed by atoms with E-state index in [9.17, 15) is 0 Å². The van der Waals surface area contributed by atoms with Crippen molar-refractivity contribution in [1.29, 1.82) is 0 Å². The summed E-state index contributed by atoms with van der Waals surface area (Å²) in [4.78, 5) is 0.947. The van der Waals surface area contributed by atoms with Crippen molar-refractivity contribution in [3.05, 3.63) is 23.1 Å². The molecule has 0 radical (unpaired) electrons. The number of hydrogen-bond donors (Lipinski definition) is 2. The average molecular weight is 226 g/mol. The summed E-state index contributed by atoms with van der Waals surface area (Å²) in [7, 11) is 1.61. The van der Waals surface area contributed by atoms with Crippen LogP contribution in [0, 0.1) is 0 Å². The Morgan fingerprint density at radius 2 is 2.29 bits per heavy atom. The van der Waals surface area contributed by atoms with Gasteiger partial charge in [0.25, 0.3) is 0 Å². The van der Waals surface area contributed by atoms with Crippen LogP contribution in [-0.4, -0.2) is 12.2 Å². The second-order valence-corrected chi connectivity index (χ2v) is 4.33. The fourth-order valence-electron chi connectivity index (χ4n) is 1.40. The first-order valence-corrected chi connectivity index (χ1v) is 5.47. The Bertz CT molecular complexity index is 462. The maximum Gasteiger partial charge on any atom is 0.125 e. The summed E-state index contributed by atoms with van der Waals surface area (Å²) < 4.78 is 6.30. The van der Waals surface area contributed by atoms with E-state index < -0.39 is 0 Å². The standard InChI is InChI=1S/C10H10O2S2/c1-12-8-3-10-7(2-6(8)4-11)9(13)5-14-10/h2-3,5,11,13H,4H2,1H3. The molecule has 0 saturated heterocycles. The lowest BCUT2D eigenvalue weighted by Gasteiger charge is -2.06. The van der Waals surface area contributed by atoms with Crippen LogP contribution in [0.5, 0.6) is 5.75 Å². The molecule has 2 rings (SSSR count). The molecule has 1 heterocycles. The third kappa shape index (κ3) is 1.49. The Labute approximate surface area is 91.5 Å². The van der Waals surface area contributed by atoms with Gasteiger partial charge in [0.15, 0.2) is 0 Å². The van der Waals surface area contributed by atoms with Crippen molar-refractivity contribution in [3.8, 4) is 5.75 Å².